The summed E-state index contributed by atoms with van der Waals surface area (Å²) in [5.74, 6) is -0.197. The zero-order chi connectivity index (χ0) is 13.4. The first-order valence-corrected chi connectivity index (χ1v) is 6.40. The second-order valence-corrected chi connectivity index (χ2v) is 4.89. The maximum atomic E-state index is 11.5. The third kappa shape index (κ3) is 6.03. The molecule has 4 nitrogen and oxygen atoms in total. The summed E-state index contributed by atoms with van der Waals surface area (Å²) >= 11 is 0. The number of carbonyl (C=O) groups excluding carboxylic acids is 1. The Bertz CT molecular complexity index is 219. The number of hydrogen-bond acceptors (Lipinski definition) is 4. The van der Waals surface area contributed by atoms with Crippen molar-refractivity contribution in [1.29, 1.82) is 0 Å². The zero-order valence-electron chi connectivity index (χ0n) is 12.2. The Balaban J connectivity index is 4.40. The number of likely N-dealkylation sites (N-methyl/N-ethyl adjacent to an activating group) is 1. The Hall–Kier alpha value is -0.610. The van der Waals surface area contributed by atoms with Crippen molar-refractivity contribution >= 4 is 5.97 Å². The number of hydrogen-bond donors (Lipinski definition) is 0. The number of esters is 1. The summed E-state index contributed by atoms with van der Waals surface area (Å²) in [4.78, 5) is 16.1. The summed E-state index contributed by atoms with van der Waals surface area (Å²) in [5.41, 5.74) is 0. The van der Waals surface area contributed by atoms with Crippen LogP contribution in [-0.4, -0.2) is 62.7 Å². The van der Waals surface area contributed by atoms with E-state index in [1.165, 1.54) is 7.11 Å². The number of ether oxygens (including phenoxy) is 1. The van der Waals surface area contributed by atoms with Crippen LogP contribution < -0.4 is 0 Å². The summed E-state index contributed by atoms with van der Waals surface area (Å²) < 4.78 is 4.81. The summed E-state index contributed by atoms with van der Waals surface area (Å²) in [7, 11) is 5.59. The van der Waals surface area contributed by atoms with Crippen LogP contribution in [0.4, 0.5) is 0 Å². The Morgan fingerprint density at radius 3 is 2.18 bits per heavy atom. The summed E-state index contributed by atoms with van der Waals surface area (Å²) in [6.45, 7) is 9.23. The van der Waals surface area contributed by atoms with Crippen LogP contribution in [-0.2, 0) is 9.53 Å². The average Bonchev–Trinajstić information content (AvgIpc) is 2.31. The van der Waals surface area contributed by atoms with Crippen molar-refractivity contribution in [2.45, 2.75) is 33.2 Å². The smallest absolute Gasteiger partial charge is 0.309 e. The van der Waals surface area contributed by atoms with E-state index in [9.17, 15) is 4.79 Å². The Morgan fingerprint density at radius 1 is 1.18 bits per heavy atom. The molecular weight excluding hydrogens is 216 g/mol. The first kappa shape index (κ1) is 16.4. The van der Waals surface area contributed by atoms with Crippen molar-refractivity contribution < 1.29 is 9.53 Å². The van der Waals surface area contributed by atoms with Crippen LogP contribution in [0.2, 0.25) is 0 Å². The van der Waals surface area contributed by atoms with E-state index in [1.54, 1.807) is 0 Å². The lowest BCUT2D eigenvalue weighted by Gasteiger charge is -2.32. The topological polar surface area (TPSA) is 32.8 Å². The third-order valence-corrected chi connectivity index (χ3v) is 3.22. The fourth-order valence-corrected chi connectivity index (χ4v) is 1.83. The van der Waals surface area contributed by atoms with Crippen LogP contribution in [0.3, 0.4) is 0 Å². The molecule has 0 spiro atoms. The highest BCUT2D eigenvalue weighted by atomic mass is 16.5. The van der Waals surface area contributed by atoms with Gasteiger partial charge in [-0.3, -0.25) is 9.69 Å². The molecule has 0 amide bonds. The minimum absolute atomic E-state index is 0.0753. The molecule has 0 saturated heterocycles. The molecule has 0 aromatic rings. The van der Waals surface area contributed by atoms with Gasteiger partial charge in [-0.2, -0.15) is 0 Å². The number of carbonyl (C=O) groups is 1. The molecule has 4 heteroatoms. The Morgan fingerprint density at radius 2 is 1.76 bits per heavy atom. The quantitative estimate of drug-likeness (QED) is 0.605. The first-order valence-electron chi connectivity index (χ1n) is 6.40. The fraction of sp³-hybridized carbons (Fsp3) is 0.923. The second kappa shape index (κ2) is 8.48. The van der Waals surface area contributed by atoms with Gasteiger partial charge in [-0.05, 0) is 34.0 Å². The fourth-order valence-electron chi connectivity index (χ4n) is 1.83. The molecule has 0 aliphatic rings. The Kier molecular flexibility index (Phi) is 8.17. The monoisotopic (exact) mass is 244 g/mol. The minimum atomic E-state index is -0.122. The van der Waals surface area contributed by atoms with Gasteiger partial charge < -0.3 is 9.64 Å². The van der Waals surface area contributed by atoms with E-state index in [1.807, 2.05) is 6.92 Å². The molecule has 0 saturated carbocycles. The molecule has 0 aromatic heterocycles. The molecule has 0 aliphatic carbocycles. The standard InChI is InChI=1S/C13H28N2O2/c1-7-8-15(10-9-14(4)5)12(3)11(2)13(16)17-6/h11-12H,7-10H2,1-6H3. The lowest BCUT2D eigenvalue weighted by Crippen LogP contribution is -2.44. The van der Waals surface area contributed by atoms with Crippen molar-refractivity contribution in [2.24, 2.45) is 5.92 Å². The van der Waals surface area contributed by atoms with E-state index >= 15 is 0 Å². The van der Waals surface area contributed by atoms with Crippen molar-refractivity contribution in [2.75, 3.05) is 40.8 Å². The molecule has 0 N–H and O–H groups in total. The van der Waals surface area contributed by atoms with Crippen LogP contribution in [0.15, 0.2) is 0 Å². The summed E-state index contributed by atoms with van der Waals surface area (Å²) in [6.07, 6.45) is 1.10. The van der Waals surface area contributed by atoms with Gasteiger partial charge in [0.25, 0.3) is 0 Å². The molecule has 0 aliphatic heterocycles. The molecule has 0 aromatic carbocycles. The van der Waals surface area contributed by atoms with Crippen molar-refractivity contribution in [3.8, 4) is 0 Å². The van der Waals surface area contributed by atoms with Gasteiger partial charge >= 0.3 is 5.97 Å². The van der Waals surface area contributed by atoms with Gasteiger partial charge in [0.1, 0.15) is 0 Å². The van der Waals surface area contributed by atoms with E-state index in [-0.39, 0.29) is 17.9 Å². The van der Waals surface area contributed by atoms with Gasteiger partial charge in [-0.15, -0.1) is 0 Å². The average molecular weight is 244 g/mol. The highest BCUT2D eigenvalue weighted by Gasteiger charge is 2.25. The molecule has 102 valence electrons. The van der Waals surface area contributed by atoms with Crippen molar-refractivity contribution in [1.82, 2.24) is 9.80 Å². The molecule has 0 fully saturated rings. The molecule has 17 heavy (non-hydrogen) atoms. The second-order valence-electron chi connectivity index (χ2n) is 4.89. The lowest BCUT2D eigenvalue weighted by atomic mass is 10.0. The number of methoxy groups -OCH3 is 1. The highest BCUT2D eigenvalue weighted by molar-refractivity contribution is 5.72. The maximum Gasteiger partial charge on any atom is 0.309 e. The molecule has 0 rings (SSSR count). The summed E-state index contributed by atoms with van der Waals surface area (Å²) in [5, 5.41) is 0. The van der Waals surface area contributed by atoms with Crippen molar-refractivity contribution in [3.63, 3.8) is 0 Å². The maximum absolute atomic E-state index is 11.5. The van der Waals surface area contributed by atoms with Gasteiger partial charge in [-0.25, -0.2) is 0 Å². The highest BCUT2D eigenvalue weighted by Crippen LogP contribution is 2.13. The predicted octanol–water partition coefficient (Wildman–Crippen LogP) is 1.46. The van der Waals surface area contributed by atoms with Crippen LogP contribution >= 0.6 is 0 Å². The molecule has 0 heterocycles. The molecular formula is C13H28N2O2. The number of nitrogens with zero attached hydrogens (tertiary/aromatic N) is 2. The van der Waals surface area contributed by atoms with E-state index < -0.39 is 0 Å². The van der Waals surface area contributed by atoms with Gasteiger partial charge in [0.2, 0.25) is 0 Å². The largest absolute Gasteiger partial charge is 0.469 e. The zero-order valence-corrected chi connectivity index (χ0v) is 12.2. The van der Waals surface area contributed by atoms with Gasteiger partial charge in [0.05, 0.1) is 13.0 Å². The van der Waals surface area contributed by atoms with Crippen LogP contribution in [0.25, 0.3) is 0 Å². The van der Waals surface area contributed by atoms with Crippen molar-refractivity contribution in [3.05, 3.63) is 0 Å². The van der Waals surface area contributed by atoms with E-state index in [4.69, 9.17) is 4.74 Å². The van der Waals surface area contributed by atoms with Crippen LogP contribution in [0.1, 0.15) is 27.2 Å². The van der Waals surface area contributed by atoms with Crippen LogP contribution in [0, 0.1) is 5.92 Å². The van der Waals surface area contributed by atoms with E-state index in [0.717, 1.165) is 26.1 Å². The van der Waals surface area contributed by atoms with Gasteiger partial charge in [0.15, 0.2) is 0 Å². The normalized spacial score (nSPS) is 15.1. The SMILES string of the molecule is CCCN(CCN(C)C)C(C)C(C)C(=O)OC. The minimum Gasteiger partial charge on any atom is -0.469 e. The first-order chi connectivity index (χ1) is 7.93. The molecule has 2 atom stereocenters. The molecule has 2 unspecified atom stereocenters. The van der Waals surface area contributed by atoms with E-state index in [0.29, 0.717) is 0 Å². The van der Waals surface area contributed by atoms with Gasteiger partial charge in [-0.1, -0.05) is 13.8 Å². The third-order valence-electron chi connectivity index (χ3n) is 3.22. The Labute approximate surface area is 106 Å². The van der Waals surface area contributed by atoms with E-state index in [2.05, 4.69) is 37.7 Å². The molecule has 0 bridgehead atoms. The molecule has 0 radical (unpaired) electrons. The number of rotatable bonds is 8. The van der Waals surface area contributed by atoms with Crippen LogP contribution in [0.5, 0.6) is 0 Å². The summed E-state index contributed by atoms with van der Waals surface area (Å²) in [6, 6.07) is 0.224. The van der Waals surface area contributed by atoms with Gasteiger partial charge in [0, 0.05) is 19.1 Å². The lowest BCUT2D eigenvalue weighted by molar-refractivity contribution is -0.147. The predicted molar refractivity (Wildman–Crippen MR) is 71.1 cm³/mol.